The Bertz CT molecular complexity index is 855. The SMILES string of the molecule is CCCCCCCCCCCCNC(=O)c1cc2ccc(N(CC)CC)cc2oc1=O. The van der Waals surface area contributed by atoms with Crippen molar-refractivity contribution in [2.45, 2.75) is 85.0 Å². The van der Waals surface area contributed by atoms with E-state index in [9.17, 15) is 9.59 Å². The first kappa shape index (κ1) is 25.0. The normalized spacial score (nSPS) is 11.1. The molecule has 0 aliphatic carbocycles. The molecule has 0 radical (unpaired) electrons. The van der Waals surface area contributed by atoms with Crippen LogP contribution in [0.25, 0.3) is 11.0 Å². The Morgan fingerprint density at radius 2 is 1.48 bits per heavy atom. The number of benzene rings is 1. The van der Waals surface area contributed by atoms with E-state index in [2.05, 4.69) is 31.0 Å². The standard InChI is InChI=1S/C26H40N2O3/c1-4-7-8-9-10-11-12-13-14-15-18-27-25(29)23-19-21-16-17-22(28(5-2)6-3)20-24(21)31-26(23)30/h16-17,19-20H,4-15,18H2,1-3H3,(H,27,29). The molecular formula is C26H40N2O3. The van der Waals surface area contributed by atoms with Gasteiger partial charge >= 0.3 is 5.63 Å². The molecule has 5 nitrogen and oxygen atoms in total. The summed E-state index contributed by atoms with van der Waals surface area (Å²) in [6.45, 7) is 8.78. The van der Waals surface area contributed by atoms with Gasteiger partial charge in [0.1, 0.15) is 11.1 Å². The summed E-state index contributed by atoms with van der Waals surface area (Å²) in [5.74, 6) is -0.348. The van der Waals surface area contributed by atoms with E-state index in [0.29, 0.717) is 12.1 Å². The van der Waals surface area contributed by atoms with Crippen LogP contribution in [-0.2, 0) is 0 Å². The molecule has 0 unspecified atom stereocenters. The quantitative estimate of drug-likeness (QED) is 0.267. The Labute approximate surface area is 187 Å². The maximum Gasteiger partial charge on any atom is 0.349 e. The predicted molar refractivity (Wildman–Crippen MR) is 130 cm³/mol. The van der Waals surface area contributed by atoms with Gasteiger partial charge in [-0.3, -0.25) is 4.79 Å². The Balaban J connectivity index is 1.77. The first-order chi connectivity index (χ1) is 15.1. The molecule has 0 saturated heterocycles. The van der Waals surface area contributed by atoms with Crippen LogP contribution < -0.4 is 15.8 Å². The van der Waals surface area contributed by atoms with Crippen LogP contribution in [0.15, 0.2) is 33.5 Å². The van der Waals surface area contributed by atoms with Crippen molar-refractivity contribution in [3.63, 3.8) is 0 Å². The fraction of sp³-hybridized carbons (Fsp3) is 0.615. The van der Waals surface area contributed by atoms with Gasteiger partial charge < -0.3 is 14.6 Å². The zero-order valence-corrected chi connectivity index (χ0v) is 19.7. The molecule has 0 atom stereocenters. The summed E-state index contributed by atoms with van der Waals surface area (Å²) in [6, 6.07) is 7.42. The van der Waals surface area contributed by atoms with Crippen LogP contribution in [0.1, 0.15) is 95.3 Å². The van der Waals surface area contributed by atoms with Crippen molar-refractivity contribution in [2.75, 3.05) is 24.5 Å². The summed E-state index contributed by atoms with van der Waals surface area (Å²) in [5.41, 5.74) is 1.03. The maximum atomic E-state index is 12.5. The molecule has 1 aromatic carbocycles. The highest BCUT2D eigenvalue weighted by Gasteiger charge is 2.14. The van der Waals surface area contributed by atoms with E-state index in [4.69, 9.17) is 4.42 Å². The monoisotopic (exact) mass is 428 g/mol. The molecule has 0 fully saturated rings. The second-order valence-electron chi connectivity index (χ2n) is 8.28. The molecule has 2 rings (SSSR count). The third-order valence-corrected chi connectivity index (χ3v) is 5.91. The Kier molecular flexibility index (Phi) is 11.2. The molecule has 0 aliphatic rings. The van der Waals surface area contributed by atoms with Gasteiger partial charge in [-0.25, -0.2) is 4.79 Å². The van der Waals surface area contributed by atoms with Crippen molar-refractivity contribution < 1.29 is 9.21 Å². The van der Waals surface area contributed by atoms with Gasteiger partial charge in [0.2, 0.25) is 0 Å². The molecule has 1 aromatic heterocycles. The number of nitrogens with one attached hydrogen (secondary N) is 1. The smallest absolute Gasteiger partial charge is 0.349 e. The van der Waals surface area contributed by atoms with Gasteiger partial charge in [0, 0.05) is 36.8 Å². The van der Waals surface area contributed by atoms with E-state index in [0.717, 1.165) is 37.0 Å². The molecule has 0 saturated carbocycles. The Morgan fingerprint density at radius 1 is 0.871 bits per heavy atom. The second-order valence-corrected chi connectivity index (χ2v) is 8.28. The van der Waals surface area contributed by atoms with Crippen molar-refractivity contribution in [1.29, 1.82) is 0 Å². The van der Waals surface area contributed by atoms with Crippen LogP contribution in [0.3, 0.4) is 0 Å². The van der Waals surface area contributed by atoms with E-state index in [1.807, 2.05) is 18.2 Å². The number of carbonyl (C=O) groups excluding carboxylic acids is 1. The third kappa shape index (κ3) is 8.04. The van der Waals surface area contributed by atoms with Crippen molar-refractivity contribution in [1.82, 2.24) is 5.32 Å². The summed E-state index contributed by atoms with van der Waals surface area (Å²) >= 11 is 0. The number of carbonyl (C=O) groups is 1. The fourth-order valence-corrected chi connectivity index (χ4v) is 3.95. The number of nitrogens with zero attached hydrogens (tertiary/aromatic N) is 1. The second kappa shape index (κ2) is 13.9. The highest BCUT2D eigenvalue weighted by atomic mass is 16.4. The van der Waals surface area contributed by atoms with Crippen LogP contribution in [0.5, 0.6) is 0 Å². The topological polar surface area (TPSA) is 62.6 Å². The van der Waals surface area contributed by atoms with Gasteiger partial charge in [0.05, 0.1) is 0 Å². The van der Waals surface area contributed by atoms with Gasteiger partial charge in [-0.2, -0.15) is 0 Å². The molecule has 5 heteroatoms. The summed E-state index contributed by atoms with van der Waals surface area (Å²) < 4.78 is 5.46. The zero-order valence-electron chi connectivity index (χ0n) is 19.7. The number of hydrogen-bond donors (Lipinski definition) is 1. The van der Waals surface area contributed by atoms with Gasteiger partial charge in [-0.1, -0.05) is 64.7 Å². The molecule has 0 aliphatic heterocycles. The lowest BCUT2D eigenvalue weighted by Gasteiger charge is -2.21. The summed E-state index contributed by atoms with van der Waals surface area (Å²) in [5, 5.41) is 3.63. The minimum atomic E-state index is -0.579. The molecule has 2 aromatic rings. The lowest BCUT2D eigenvalue weighted by Crippen LogP contribution is -2.29. The van der Waals surface area contributed by atoms with Gasteiger partial charge in [-0.05, 0) is 38.5 Å². The van der Waals surface area contributed by atoms with E-state index >= 15 is 0 Å². The maximum absolute atomic E-state index is 12.5. The average Bonchev–Trinajstić information content (AvgIpc) is 2.77. The number of rotatable bonds is 15. The van der Waals surface area contributed by atoms with E-state index in [-0.39, 0.29) is 11.5 Å². The number of hydrogen-bond acceptors (Lipinski definition) is 4. The third-order valence-electron chi connectivity index (χ3n) is 5.91. The van der Waals surface area contributed by atoms with Crippen LogP contribution in [0.4, 0.5) is 5.69 Å². The average molecular weight is 429 g/mol. The van der Waals surface area contributed by atoms with Crippen molar-refractivity contribution in [3.8, 4) is 0 Å². The summed E-state index contributed by atoms with van der Waals surface area (Å²) in [6.07, 6.45) is 12.5. The van der Waals surface area contributed by atoms with E-state index in [1.54, 1.807) is 6.07 Å². The largest absolute Gasteiger partial charge is 0.422 e. The zero-order chi connectivity index (χ0) is 22.5. The molecule has 1 heterocycles. The number of anilines is 1. The van der Waals surface area contributed by atoms with Gasteiger partial charge in [-0.15, -0.1) is 0 Å². The minimum absolute atomic E-state index is 0.0789. The van der Waals surface area contributed by atoms with Crippen LogP contribution in [-0.4, -0.2) is 25.5 Å². The number of fused-ring (bicyclic) bond motifs is 1. The molecule has 1 amide bonds. The van der Waals surface area contributed by atoms with Crippen molar-refractivity contribution in [2.24, 2.45) is 0 Å². The Morgan fingerprint density at radius 3 is 2.10 bits per heavy atom. The highest BCUT2D eigenvalue weighted by molar-refractivity contribution is 5.96. The van der Waals surface area contributed by atoms with E-state index < -0.39 is 5.63 Å². The first-order valence-corrected chi connectivity index (χ1v) is 12.2. The lowest BCUT2D eigenvalue weighted by atomic mass is 10.1. The first-order valence-electron chi connectivity index (χ1n) is 12.2. The number of amides is 1. The molecule has 0 spiro atoms. The van der Waals surface area contributed by atoms with E-state index in [1.165, 1.54) is 51.4 Å². The predicted octanol–water partition coefficient (Wildman–Crippen LogP) is 6.29. The van der Waals surface area contributed by atoms with Gasteiger partial charge in [0.15, 0.2) is 0 Å². The van der Waals surface area contributed by atoms with Crippen LogP contribution >= 0.6 is 0 Å². The lowest BCUT2D eigenvalue weighted by molar-refractivity contribution is 0.0949. The summed E-state index contributed by atoms with van der Waals surface area (Å²) in [4.78, 5) is 27.0. The molecule has 172 valence electrons. The Hall–Kier alpha value is -2.30. The number of unbranched alkanes of at least 4 members (excludes halogenated alkanes) is 9. The van der Waals surface area contributed by atoms with Crippen LogP contribution in [0, 0.1) is 0 Å². The molecule has 31 heavy (non-hydrogen) atoms. The fourth-order valence-electron chi connectivity index (χ4n) is 3.95. The van der Waals surface area contributed by atoms with Crippen molar-refractivity contribution >= 4 is 22.6 Å². The molecule has 1 N–H and O–H groups in total. The summed E-state index contributed by atoms with van der Waals surface area (Å²) in [7, 11) is 0. The highest BCUT2D eigenvalue weighted by Crippen LogP contribution is 2.22. The van der Waals surface area contributed by atoms with Crippen LogP contribution in [0.2, 0.25) is 0 Å². The molecule has 0 bridgehead atoms. The minimum Gasteiger partial charge on any atom is -0.422 e. The van der Waals surface area contributed by atoms with Gasteiger partial charge in [0.25, 0.3) is 5.91 Å². The molecular weight excluding hydrogens is 388 g/mol. The van der Waals surface area contributed by atoms with Crippen molar-refractivity contribution in [3.05, 3.63) is 40.2 Å².